The Balaban J connectivity index is 2.13. The normalized spacial score (nSPS) is 10.5. The summed E-state index contributed by atoms with van der Waals surface area (Å²) in [6.07, 6.45) is 2.45. The van der Waals surface area contributed by atoms with Gasteiger partial charge in [-0.05, 0) is 24.6 Å². The number of pyridine rings is 1. The summed E-state index contributed by atoms with van der Waals surface area (Å²) in [4.78, 5) is 4.64. The molecule has 0 bridgehead atoms. The molecule has 104 valence electrons. The van der Waals surface area contributed by atoms with Crippen molar-refractivity contribution in [2.75, 3.05) is 7.11 Å². The highest BCUT2D eigenvalue weighted by molar-refractivity contribution is 5.54. The van der Waals surface area contributed by atoms with Gasteiger partial charge in [0.25, 0.3) is 0 Å². The van der Waals surface area contributed by atoms with Crippen molar-refractivity contribution < 1.29 is 4.74 Å². The molecule has 0 aliphatic rings. The fraction of sp³-hybridized carbons (Fsp3) is 0.176. The first-order valence-electron chi connectivity index (χ1n) is 6.73. The Morgan fingerprint density at radius 3 is 2.81 bits per heavy atom. The van der Waals surface area contributed by atoms with Gasteiger partial charge in [-0.1, -0.05) is 24.3 Å². The molecule has 0 aliphatic carbocycles. The molecule has 2 aromatic heterocycles. The van der Waals surface area contributed by atoms with Gasteiger partial charge in [0.2, 0.25) is 0 Å². The third-order valence-corrected chi connectivity index (χ3v) is 3.57. The van der Waals surface area contributed by atoms with Gasteiger partial charge in [-0.15, -0.1) is 0 Å². The minimum Gasteiger partial charge on any atom is -0.496 e. The number of nitrogens with zero attached hydrogens (tertiary/aromatic N) is 3. The largest absolute Gasteiger partial charge is 0.496 e. The molecule has 0 spiro atoms. The van der Waals surface area contributed by atoms with Gasteiger partial charge in [0.05, 0.1) is 12.8 Å². The van der Waals surface area contributed by atoms with E-state index in [9.17, 15) is 5.26 Å². The highest BCUT2D eigenvalue weighted by atomic mass is 16.5. The standard InChI is InChI=1S/C17H15N3O/c1-12-6-5-9-20-15(11-18)14(19-17(12)20)10-13-7-3-4-8-16(13)21-2/h3-9H,10H2,1-2H3. The first kappa shape index (κ1) is 13.2. The van der Waals surface area contributed by atoms with Crippen molar-refractivity contribution in [2.45, 2.75) is 13.3 Å². The summed E-state index contributed by atoms with van der Waals surface area (Å²) >= 11 is 0. The van der Waals surface area contributed by atoms with Gasteiger partial charge >= 0.3 is 0 Å². The summed E-state index contributed by atoms with van der Waals surface area (Å²) in [7, 11) is 1.65. The first-order chi connectivity index (χ1) is 10.2. The molecular formula is C17H15N3O. The number of nitriles is 1. The number of benzene rings is 1. The average Bonchev–Trinajstić information content (AvgIpc) is 2.86. The number of aryl methyl sites for hydroxylation is 1. The van der Waals surface area contributed by atoms with Gasteiger partial charge in [0.15, 0.2) is 0 Å². The molecule has 0 saturated heterocycles. The zero-order chi connectivity index (χ0) is 14.8. The summed E-state index contributed by atoms with van der Waals surface area (Å²) < 4.78 is 7.22. The summed E-state index contributed by atoms with van der Waals surface area (Å²) in [6, 6.07) is 14.0. The van der Waals surface area contributed by atoms with Gasteiger partial charge in [0, 0.05) is 18.2 Å². The monoisotopic (exact) mass is 277 g/mol. The van der Waals surface area contributed by atoms with Crippen LogP contribution in [0.3, 0.4) is 0 Å². The lowest BCUT2D eigenvalue weighted by Gasteiger charge is -2.06. The van der Waals surface area contributed by atoms with Crippen molar-refractivity contribution in [1.82, 2.24) is 9.38 Å². The Morgan fingerprint density at radius 1 is 1.24 bits per heavy atom. The molecule has 1 aromatic carbocycles. The van der Waals surface area contributed by atoms with Crippen LogP contribution in [0.5, 0.6) is 5.75 Å². The summed E-state index contributed by atoms with van der Waals surface area (Å²) in [5.41, 5.74) is 4.27. The van der Waals surface area contributed by atoms with Crippen LogP contribution in [-0.2, 0) is 6.42 Å². The quantitative estimate of drug-likeness (QED) is 0.739. The Kier molecular flexibility index (Phi) is 3.33. The SMILES string of the molecule is COc1ccccc1Cc1nc2c(C)cccn2c1C#N. The molecule has 0 saturated carbocycles. The molecule has 0 unspecified atom stereocenters. The number of aromatic nitrogens is 2. The van der Waals surface area contributed by atoms with Gasteiger partial charge in [-0.3, -0.25) is 4.40 Å². The molecule has 2 heterocycles. The van der Waals surface area contributed by atoms with E-state index in [0.717, 1.165) is 28.2 Å². The number of imidazole rings is 1. The second-order valence-electron chi connectivity index (χ2n) is 4.89. The Bertz CT molecular complexity index is 843. The number of fused-ring (bicyclic) bond motifs is 1. The maximum atomic E-state index is 9.46. The van der Waals surface area contributed by atoms with Crippen molar-refractivity contribution in [2.24, 2.45) is 0 Å². The van der Waals surface area contributed by atoms with Crippen molar-refractivity contribution in [3.63, 3.8) is 0 Å². The Morgan fingerprint density at radius 2 is 2.05 bits per heavy atom. The number of methoxy groups -OCH3 is 1. The molecule has 21 heavy (non-hydrogen) atoms. The van der Waals surface area contributed by atoms with E-state index in [-0.39, 0.29) is 0 Å². The van der Waals surface area contributed by atoms with Crippen LogP contribution in [0.4, 0.5) is 0 Å². The van der Waals surface area contributed by atoms with Crippen LogP contribution >= 0.6 is 0 Å². The summed E-state index contributed by atoms with van der Waals surface area (Å²) in [5.74, 6) is 0.815. The van der Waals surface area contributed by atoms with Gasteiger partial charge in [-0.25, -0.2) is 4.98 Å². The molecule has 4 heteroatoms. The molecule has 3 aromatic rings. The third kappa shape index (κ3) is 2.23. The van der Waals surface area contributed by atoms with Crippen LogP contribution in [0.1, 0.15) is 22.5 Å². The molecule has 0 N–H and O–H groups in total. The van der Waals surface area contributed by atoms with Crippen molar-refractivity contribution in [1.29, 1.82) is 5.26 Å². The number of para-hydroxylation sites is 1. The van der Waals surface area contributed by atoms with E-state index in [0.29, 0.717) is 12.1 Å². The molecule has 0 aliphatic heterocycles. The van der Waals surface area contributed by atoms with E-state index in [2.05, 4.69) is 11.1 Å². The van der Waals surface area contributed by atoms with Gasteiger partial charge in [0.1, 0.15) is 23.2 Å². The number of rotatable bonds is 3. The molecule has 0 fully saturated rings. The van der Waals surface area contributed by atoms with Crippen molar-refractivity contribution in [3.05, 3.63) is 65.1 Å². The molecule has 0 atom stereocenters. The Labute approximate surface area is 123 Å². The third-order valence-electron chi connectivity index (χ3n) is 3.57. The van der Waals surface area contributed by atoms with Crippen LogP contribution in [0.25, 0.3) is 5.65 Å². The second kappa shape index (κ2) is 5.29. The van der Waals surface area contributed by atoms with Crippen LogP contribution in [0.2, 0.25) is 0 Å². The predicted octanol–water partition coefficient (Wildman–Crippen LogP) is 3.11. The van der Waals surface area contributed by atoms with E-state index in [4.69, 9.17) is 4.74 Å². The lowest BCUT2D eigenvalue weighted by molar-refractivity contribution is 0.410. The van der Waals surface area contributed by atoms with E-state index in [1.54, 1.807) is 7.11 Å². The molecular weight excluding hydrogens is 262 g/mol. The smallest absolute Gasteiger partial charge is 0.148 e. The highest BCUT2D eigenvalue weighted by Gasteiger charge is 2.15. The maximum Gasteiger partial charge on any atom is 0.148 e. The fourth-order valence-corrected chi connectivity index (χ4v) is 2.52. The van der Waals surface area contributed by atoms with Crippen molar-refractivity contribution >= 4 is 5.65 Å². The van der Waals surface area contributed by atoms with Crippen molar-refractivity contribution in [3.8, 4) is 11.8 Å². The zero-order valence-electron chi connectivity index (χ0n) is 12.0. The lowest BCUT2D eigenvalue weighted by atomic mass is 10.1. The minimum atomic E-state index is 0.577. The van der Waals surface area contributed by atoms with Gasteiger partial charge in [-0.2, -0.15) is 5.26 Å². The van der Waals surface area contributed by atoms with E-state index >= 15 is 0 Å². The summed E-state index contributed by atoms with van der Waals surface area (Å²) in [5, 5.41) is 9.46. The van der Waals surface area contributed by atoms with Gasteiger partial charge < -0.3 is 4.74 Å². The first-order valence-corrected chi connectivity index (χ1v) is 6.73. The average molecular weight is 277 g/mol. The summed E-state index contributed by atoms with van der Waals surface area (Å²) in [6.45, 7) is 2.00. The van der Waals surface area contributed by atoms with Crippen LogP contribution in [0, 0.1) is 18.3 Å². The molecule has 0 radical (unpaired) electrons. The molecule has 0 amide bonds. The number of hydrogen-bond donors (Lipinski definition) is 0. The van der Waals surface area contributed by atoms with E-state index < -0.39 is 0 Å². The highest BCUT2D eigenvalue weighted by Crippen LogP contribution is 2.23. The predicted molar refractivity (Wildman–Crippen MR) is 80.4 cm³/mol. The zero-order valence-corrected chi connectivity index (χ0v) is 12.0. The fourth-order valence-electron chi connectivity index (χ4n) is 2.52. The van der Waals surface area contributed by atoms with Crippen LogP contribution in [0.15, 0.2) is 42.6 Å². The maximum absolute atomic E-state index is 9.46. The van der Waals surface area contributed by atoms with E-state index in [1.807, 2.05) is 53.9 Å². The lowest BCUT2D eigenvalue weighted by Crippen LogP contribution is -1.96. The topological polar surface area (TPSA) is 50.3 Å². The number of ether oxygens (including phenoxy) is 1. The number of hydrogen-bond acceptors (Lipinski definition) is 3. The molecule has 3 rings (SSSR count). The van der Waals surface area contributed by atoms with Crippen LogP contribution < -0.4 is 4.74 Å². The minimum absolute atomic E-state index is 0.577. The van der Waals surface area contributed by atoms with E-state index in [1.165, 1.54) is 0 Å². The Hall–Kier alpha value is -2.80. The van der Waals surface area contributed by atoms with Crippen LogP contribution in [-0.4, -0.2) is 16.5 Å². The molecule has 4 nitrogen and oxygen atoms in total. The second-order valence-corrected chi connectivity index (χ2v) is 4.89.